The molecule has 12 heavy (non-hydrogen) atoms. The second-order valence-electron chi connectivity index (χ2n) is 2.44. The van der Waals surface area contributed by atoms with Crippen LogP contribution in [0.3, 0.4) is 0 Å². The molecule has 0 amide bonds. The zero-order valence-electron chi connectivity index (χ0n) is 6.53. The van der Waals surface area contributed by atoms with E-state index in [1.165, 1.54) is 0 Å². The smallest absolute Gasteiger partial charge is 0.200 e. The molecule has 2 heterocycles. The minimum atomic E-state index is 0.580. The quantitative estimate of drug-likeness (QED) is 0.563. The maximum atomic E-state index is 5.29. The molecule has 0 aliphatic carbocycles. The molecule has 0 saturated carbocycles. The van der Waals surface area contributed by atoms with Crippen molar-refractivity contribution in [2.24, 2.45) is 9.98 Å². The number of allylic oxidation sites excluding steroid dienone is 1. The number of hydrogen-bond acceptors (Lipinski definition) is 4. The van der Waals surface area contributed by atoms with Crippen molar-refractivity contribution in [2.45, 2.75) is 0 Å². The lowest BCUT2D eigenvalue weighted by molar-refractivity contribution is 0.310. The second kappa shape index (κ2) is 3.21. The third-order valence-electron chi connectivity index (χ3n) is 1.59. The SMILES string of the molecule is C1=NCNC2=C1C/N=C\C=C/O2. The van der Waals surface area contributed by atoms with Gasteiger partial charge in [-0.25, -0.2) is 0 Å². The first-order valence-corrected chi connectivity index (χ1v) is 3.75. The summed E-state index contributed by atoms with van der Waals surface area (Å²) in [4.78, 5) is 8.20. The summed E-state index contributed by atoms with van der Waals surface area (Å²) in [6.07, 6.45) is 6.87. The molecule has 0 unspecified atom stereocenters. The largest absolute Gasteiger partial charge is 0.449 e. The molecule has 0 saturated heterocycles. The van der Waals surface area contributed by atoms with Gasteiger partial charge in [0.15, 0.2) is 0 Å². The van der Waals surface area contributed by atoms with Crippen molar-refractivity contribution in [3.63, 3.8) is 0 Å². The van der Waals surface area contributed by atoms with Crippen LogP contribution in [-0.2, 0) is 4.74 Å². The molecule has 0 atom stereocenters. The summed E-state index contributed by atoms with van der Waals surface area (Å²) in [7, 11) is 0. The molecule has 1 N–H and O–H groups in total. The molecule has 2 aliphatic rings. The van der Waals surface area contributed by atoms with Crippen molar-refractivity contribution in [3.8, 4) is 0 Å². The summed E-state index contributed by atoms with van der Waals surface area (Å²) in [5, 5.41) is 3.02. The number of nitrogens with zero attached hydrogens (tertiary/aromatic N) is 2. The van der Waals surface area contributed by atoms with Crippen LogP contribution in [0.4, 0.5) is 0 Å². The summed E-state index contributed by atoms with van der Waals surface area (Å²) in [5.74, 6) is 0.762. The average Bonchev–Trinajstić information content (AvgIpc) is 2.06. The molecule has 0 fully saturated rings. The van der Waals surface area contributed by atoms with Crippen molar-refractivity contribution >= 4 is 12.4 Å². The second-order valence-corrected chi connectivity index (χ2v) is 2.44. The third-order valence-corrected chi connectivity index (χ3v) is 1.59. The monoisotopic (exact) mass is 163 g/mol. The summed E-state index contributed by atoms with van der Waals surface area (Å²) in [6.45, 7) is 1.20. The van der Waals surface area contributed by atoms with E-state index in [1.54, 1.807) is 24.8 Å². The summed E-state index contributed by atoms with van der Waals surface area (Å²) in [5.41, 5.74) is 0.988. The summed E-state index contributed by atoms with van der Waals surface area (Å²) < 4.78 is 5.29. The Labute approximate surface area is 70.4 Å². The maximum absolute atomic E-state index is 5.29. The molecule has 2 rings (SSSR count). The minimum absolute atomic E-state index is 0.580. The molecular weight excluding hydrogens is 154 g/mol. The molecule has 0 aromatic carbocycles. The van der Waals surface area contributed by atoms with Gasteiger partial charge in [-0.05, 0) is 6.08 Å². The van der Waals surface area contributed by atoms with Crippen molar-refractivity contribution < 1.29 is 4.74 Å². The van der Waals surface area contributed by atoms with E-state index in [2.05, 4.69) is 15.3 Å². The van der Waals surface area contributed by atoms with E-state index in [0.29, 0.717) is 13.2 Å². The van der Waals surface area contributed by atoms with Crippen LogP contribution < -0.4 is 5.32 Å². The van der Waals surface area contributed by atoms with Gasteiger partial charge >= 0.3 is 0 Å². The van der Waals surface area contributed by atoms with Crippen molar-refractivity contribution in [1.29, 1.82) is 0 Å². The Hall–Kier alpha value is -1.58. The van der Waals surface area contributed by atoms with Crippen LogP contribution in [-0.4, -0.2) is 25.6 Å². The Bertz CT molecular complexity index is 289. The fourth-order valence-corrected chi connectivity index (χ4v) is 1.03. The van der Waals surface area contributed by atoms with Crippen LogP contribution in [0.5, 0.6) is 0 Å². The molecule has 0 aromatic heterocycles. The molecular formula is C8H9N3O. The number of rotatable bonds is 0. The van der Waals surface area contributed by atoms with Gasteiger partial charge in [-0.15, -0.1) is 0 Å². The Morgan fingerprint density at radius 1 is 1.42 bits per heavy atom. The predicted molar refractivity (Wildman–Crippen MR) is 47.1 cm³/mol. The number of hydrogen-bond donors (Lipinski definition) is 1. The Morgan fingerprint density at radius 2 is 2.42 bits per heavy atom. The lowest BCUT2D eigenvalue weighted by atomic mass is 10.3. The van der Waals surface area contributed by atoms with Gasteiger partial charge in [-0.3, -0.25) is 9.98 Å². The molecule has 0 aromatic rings. The maximum Gasteiger partial charge on any atom is 0.200 e. The van der Waals surface area contributed by atoms with E-state index < -0.39 is 0 Å². The van der Waals surface area contributed by atoms with Crippen molar-refractivity contribution in [3.05, 3.63) is 23.8 Å². The van der Waals surface area contributed by atoms with Crippen LogP contribution in [0, 0.1) is 0 Å². The lowest BCUT2D eigenvalue weighted by Crippen LogP contribution is -2.22. The average molecular weight is 163 g/mol. The number of ether oxygens (including phenoxy) is 1. The molecule has 0 bridgehead atoms. The van der Waals surface area contributed by atoms with E-state index in [4.69, 9.17) is 4.74 Å². The van der Waals surface area contributed by atoms with Gasteiger partial charge in [-0.1, -0.05) is 0 Å². The fourth-order valence-electron chi connectivity index (χ4n) is 1.03. The predicted octanol–water partition coefficient (Wildman–Crippen LogP) is 0.444. The normalized spacial score (nSPS) is 26.0. The standard InChI is InChI=1S/C8H9N3O/c1-2-9-4-7-5-10-6-11-8(7)12-3-1/h1-3,5,11H,4,6H2/b3-1-,9-2-. The van der Waals surface area contributed by atoms with E-state index >= 15 is 0 Å². The van der Waals surface area contributed by atoms with Crippen LogP contribution in [0.2, 0.25) is 0 Å². The van der Waals surface area contributed by atoms with Gasteiger partial charge in [0.05, 0.1) is 18.4 Å². The van der Waals surface area contributed by atoms with Gasteiger partial charge in [-0.2, -0.15) is 0 Å². The highest BCUT2D eigenvalue weighted by molar-refractivity contribution is 5.81. The van der Waals surface area contributed by atoms with E-state index in [9.17, 15) is 0 Å². The molecule has 0 radical (unpaired) electrons. The first-order chi connectivity index (χ1) is 5.97. The van der Waals surface area contributed by atoms with E-state index in [0.717, 1.165) is 11.5 Å². The first kappa shape index (κ1) is 7.09. The van der Waals surface area contributed by atoms with Gasteiger partial charge < -0.3 is 10.1 Å². The first-order valence-electron chi connectivity index (χ1n) is 3.75. The fraction of sp³-hybridized carbons (Fsp3) is 0.250. The van der Waals surface area contributed by atoms with Crippen LogP contribution >= 0.6 is 0 Å². The van der Waals surface area contributed by atoms with Gasteiger partial charge in [0.2, 0.25) is 5.88 Å². The third kappa shape index (κ3) is 1.37. The molecule has 2 aliphatic heterocycles. The van der Waals surface area contributed by atoms with Gasteiger partial charge in [0.25, 0.3) is 0 Å². The highest BCUT2D eigenvalue weighted by Crippen LogP contribution is 2.07. The summed E-state index contributed by atoms with van der Waals surface area (Å²) >= 11 is 0. The molecule has 0 spiro atoms. The molecule has 62 valence electrons. The highest BCUT2D eigenvalue weighted by Gasteiger charge is 2.08. The van der Waals surface area contributed by atoms with Gasteiger partial charge in [0.1, 0.15) is 6.67 Å². The topological polar surface area (TPSA) is 46.0 Å². The Balaban J connectivity index is 2.27. The Morgan fingerprint density at radius 3 is 3.42 bits per heavy atom. The number of nitrogens with one attached hydrogen (secondary N) is 1. The Kier molecular flexibility index (Phi) is 1.90. The summed E-state index contributed by atoms with van der Waals surface area (Å²) in [6, 6.07) is 0. The van der Waals surface area contributed by atoms with E-state index in [1.807, 2.05) is 0 Å². The van der Waals surface area contributed by atoms with E-state index in [-0.39, 0.29) is 0 Å². The molecule has 4 heteroatoms. The van der Waals surface area contributed by atoms with Crippen LogP contribution in [0.1, 0.15) is 0 Å². The molecule has 4 nitrogen and oxygen atoms in total. The van der Waals surface area contributed by atoms with Crippen LogP contribution in [0.15, 0.2) is 33.8 Å². The van der Waals surface area contributed by atoms with Crippen molar-refractivity contribution in [1.82, 2.24) is 5.32 Å². The minimum Gasteiger partial charge on any atom is -0.449 e. The van der Waals surface area contributed by atoms with Crippen LogP contribution in [0.25, 0.3) is 0 Å². The van der Waals surface area contributed by atoms with Crippen molar-refractivity contribution in [2.75, 3.05) is 13.2 Å². The lowest BCUT2D eigenvalue weighted by Gasteiger charge is -2.15. The highest BCUT2D eigenvalue weighted by atomic mass is 16.5. The zero-order chi connectivity index (χ0) is 8.23. The number of aliphatic imine (C=N–C) groups is 2. The van der Waals surface area contributed by atoms with Gasteiger partial charge in [0, 0.05) is 12.4 Å². The zero-order valence-corrected chi connectivity index (χ0v) is 6.53.